The van der Waals surface area contributed by atoms with Crippen molar-refractivity contribution >= 4 is 17.3 Å². The van der Waals surface area contributed by atoms with Gasteiger partial charge in [0.1, 0.15) is 5.78 Å². The van der Waals surface area contributed by atoms with Crippen LogP contribution in [0.1, 0.15) is 80.6 Å². The molecule has 1 fully saturated rings. The highest BCUT2D eigenvalue weighted by atomic mass is 16.2. The minimum Gasteiger partial charge on any atom is -0.299 e. The zero-order valence-corrected chi connectivity index (χ0v) is 23.3. The molecule has 0 spiro atoms. The van der Waals surface area contributed by atoms with Gasteiger partial charge in [0.15, 0.2) is 0 Å². The lowest BCUT2D eigenvalue weighted by molar-refractivity contribution is -0.136. The Morgan fingerprint density at radius 3 is 2.36 bits per heavy atom. The van der Waals surface area contributed by atoms with Gasteiger partial charge in [-0.2, -0.15) is 0 Å². The van der Waals surface area contributed by atoms with Crippen LogP contribution in [0.5, 0.6) is 0 Å². The van der Waals surface area contributed by atoms with Crippen molar-refractivity contribution in [3.05, 3.63) is 58.2 Å². The second kappa shape index (κ2) is 10.6. The van der Waals surface area contributed by atoms with Crippen LogP contribution in [0.4, 0.5) is 0 Å². The lowest BCUT2D eigenvalue weighted by Gasteiger charge is -2.41. The molecule has 0 aromatic carbocycles. The fourth-order valence-corrected chi connectivity index (χ4v) is 7.00. The SMILES string of the molecule is CC1=CCC(CC2C[C@@H](C)C(C(=O)C3C=C4C(=CC3C)CC(C)=C4C(=O)C(=O)C(C)C)CC2C)C=C1. The number of Topliss-reactive ketones (excluding diaryl/α,β-unsaturated/α-hetero) is 3. The minimum atomic E-state index is -0.387. The maximum absolute atomic E-state index is 14.0. The van der Waals surface area contributed by atoms with Crippen LogP contribution in [-0.2, 0) is 14.4 Å². The Labute approximate surface area is 217 Å². The maximum atomic E-state index is 14.0. The monoisotopic (exact) mass is 488 g/mol. The molecule has 194 valence electrons. The van der Waals surface area contributed by atoms with E-state index in [1.165, 1.54) is 12.0 Å². The van der Waals surface area contributed by atoms with Crippen molar-refractivity contribution in [2.45, 2.75) is 80.6 Å². The first-order valence-corrected chi connectivity index (χ1v) is 14.1. The normalized spacial score (nSPS) is 34.2. The fraction of sp³-hybridized carbons (Fsp3) is 0.606. The van der Waals surface area contributed by atoms with Crippen molar-refractivity contribution < 1.29 is 14.4 Å². The van der Waals surface area contributed by atoms with Crippen LogP contribution in [0.25, 0.3) is 0 Å². The molecule has 0 radical (unpaired) electrons. The van der Waals surface area contributed by atoms with Crippen LogP contribution in [0.3, 0.4) is 0 Å². The van der Waals surface area contributed by atoms with Gasteiger partial charge in [-0.15, -0.1) is 0 Å². The Kier molecular flexibility index (Phi) is 7.88. The van der Waals surface area contributed by atoms with E-state index in [0.717, 1.165) is 36.0 Å². The van der Waals surface area contributed by atoms with Crippen molar-refractivity contribution in [2.24, 2.45) is 47.3 Å². The number of carbonyl (C=O) groups excluding carboxylic acids is 3. The van der Waals surface area contributed by atoms with Crippen molar-refractivity contribution in [1.82, 2.24) is 0 Å². The average Bonchev–Trinajstić information content (AvgIpc) is 3.14. The molecule has 0 heterocycles. The number of hydrogen-bond acceptors (Lipinski definition) is 3. The van der Waals surface area contributed by atoms with Crippen LogP contribution in [0.15, 0.2) is 58.2 Å². The molecule has 1 saturated carbocycles. The maximum Gasteiger partial charge on any atom is 0.229 e. The van der Waals surface area contributed by atoms with Gasteiger partial charge in [-0.25, -0.2) is 0 Å². The van der Waals surface area contributed by atoms with E-state index in [0.29, 0.717) is 41.4 Å². The summed E-state index contributed by atoms with van der Waals surface area (Å²) in [5.74, 6) is 1.39. The average molecular weight is 489 g/mol. The van der Waals surface area contributed by atoms with Crippen LogP contribution >= 0.6 is 0 Å². The summed E-state index contributed by atoms with van der Waals surface area (Å²) in [5, 5.41) is 0. The predicted octanol–water partition coefficient (Wildman–Crippen LogP) is 7.40. The molecule has 7 atom stereocenters. The Morgan fingerprint density at radius 2 is 1.72 bits per heavy atom. The van der Waals surface area contributed by atoms with Gasteiger partial charge in [0.25, 0.3) is 0 Å². The molecule has 36 heavy (non-hydrogen) atoms. The molecule has 0 aliphatic heterocycles. The van der Waals surface area contributed by atoms with Crippen molar-refractivity contribution in [3.63, 3.8) is 0 Å². The largest absolute Gasteiger partial charge is 0.299 e. The fourth-order valence-electron chi connectivity index (χ4n) is 7.00. The quantitative estimate of drug-likeness (QED) is 0.351. The molecule has 3 heteroatoms. The van der Waals surface area contributed by atoms with Gasteiger partial charge in [0.05, 0.1) is 0 Å². The number of fused-ring (bicyclic) bond motifs is 1. The molecular formula is C33H44O3. The van der Waals surface area contributed by atoms with Crippen LogP contribution in [-0.4, -0.2) is 17.3 Å². The summed E-state index contributed by atoms with van der Waals surface area (Å²) in [4.78, 5) is 39.6. The number of rotatable bonds is 7. The molecule has 0 aromatic heterocycles. The second-order valence-corrected chi connectivity index (χ2v) is 12.6. The summed E-state index contributed by atoms with van der Waals surface area (Å²) in [6.45, 7) is 14.4. The third-order valence-electron chi connectivity index (χ3n) is 9.31. The van der Waals surface area contributed by atoms with Crippen molar-refractivity contribution in [3.8, 4) is 0 Å². The van der Waals surface area contributed by atoms with E-state index in [4.69, 9.17) is 0 Å². The Bertz CT molecular complexity index is 1090. The summed E-state index contributed by atoms with van der Waals surface area (Å²) in [5.41, 5.74) is 4.83. The first-order chi connectivity index (χ1) is 17.0. The lowest BCUT2D eigenvalue weighted by Crippen LogP contribution is -2.39. The Balaban J connectivity index is 1.49. The van der Waals surface area contributed by atoms with Gasteiger partial charge in [-0.1, -0.05) is 76.1 Å². The number of hydrogen-bond donors (Lipinski definition) is 0. The predicted molar refractivity (Wildman–Crippen MR) is 146 cm³/mol. The standard InChI is InChI=1S/C33H44O3/c1-18(2)31(34)33(36)30-23(7)14-26-13-22(6)28(17-29(26)30)32(35)27-15-20(4)25(12-21(27)5)16-24-10-8-19(3)9-11-24/h8-10,13,17-18,20-22,24-25,27-28H,11-12,14-16H2,1-7H3/t20?,21-,22?,24?,25?,27?,28?/m1/s1. The third kappa shape index (κ3) is 5.22. The van der Waals surface area contributed by atoms with Crippen LogP contribution in [0, 0.1) is 47.3 Å². The highest BCUT2D eigenvalue weighted by Crippen LogP contribution is 2.47. The summed E-state index contributed by atoms with van der Waals surface area (Å²) >= 11 is 0. The first-order valence-electron chi connectivity index (χ1n) is 14.1. The Morgan fingerprint density at radius 1 is 1.00 bits per heavy atom. The molecule has 0 aromatic rings. The molecule has 4 rings (SSSR count). The molecule has 4 aliphatic carbocycles. The van der Waals surface area contributed by atoms with E-state index in [9.17, 15) is 14.4 Å². The summed E-state index contributed by atoms with van der Waals surface area (Å²) in [6, 6.07) is 0. The molecule has 0 amide bonds. The van der Waals surface area contributed by atoms with E-state index >= 15 is 0 Å². The second-order valence-electron chi connectivity index (χ2n) is 12.6. The summed E-state index contributed by atoms with van der Waals surface area (Å²) in [7, 11) is 0. The number of allylic oxidation sites excluding steroid dienone is 10. The zero-order chi connectivity index (χ0) is 26.3. The van der Waals surface area contributed by atoms with Crippen molar-refractivity contribution in [1.29, 1.82) is 0 Å². The molecular weight excluding hydrogens is 444 g/mol. The molecule has 3 nitrogen and oxygen atoms in total. The smallest absolute Gasteiger partial charge is 0.229 e. The lowest BCUT2D eigenvalue weighted by atomic mass is 9.63. The van der Waals surface area contributed by atoms with E-state index in [1.807, 2.05) is 13.0 Å². The van der Waals surface area contributed by atoms with E-state index in [-0.39, 0.29) is 35.2 Å². The van der Waals surface area contributed by atoms with Crippen LogP contribution in [0.2, 0.25) is 0 Å². The van der Waals surface area contributed by atoms with Gasteiger partial charge in [-0.05, 0) is 86.7 Å². The van der Waals surface area contributed by atoms with Gasteiger partial charge < -0.3 is 0 Å². The molecule has 6 unspecified atom stereocenters. The van der Waals surface area contributed by atoms with Gasteiger partial charge >= 0.3 is 0 Å². The van der Waals surface area contributed by atoms with Gasteiger partial charge in [0.2, 0.25) is 11.6 Å². The van der Waals surface area contributed by atoms with Crippen LogP contribution < -0.4 is 0 Å². The summed E-state index contributed by atoms with van der Waals surface area (Å²) < 4.78 is 0. The molecule has 4 aliphatic rings. The number of ketones is 3. The number of carbonyl (C=O) groups is 3. The van der Waals surface area contributed by atoms with Crippen molar-refractivity contribution in [2.75, 3.05) is 0 Å². The van der Waals surface area contributed by atoms with Gasteiger partial charge in [0, 0.05) is 23.3 Å². The molecule has 0 N–H and O–H groups in total. The van der Waals surface area contributed by atoms with Gasteiger partial charge in [-0.3, -0.25) is 14.4 Å². The Hall–Kier alpha value is -2.29. The minimum absolute atomic E-state index is 0.0578. The first kappa shape index (κ1) is 26.8. The third-order valence-corrected chi connectivity index (χ3v) is 9.31. The molecule has 0 bridgehead atoms. The van der Waals surface area contributed by atoms with E-state index < -0.39 is 0 Å². The molecule has 0 saturated heterocycles. The summed E-state index contributed by atoms with van der Waals surface area (Å²) in [6.07, 6.45) is 16.3. The topological polar surface area (TPSA) is 51.2 Å². The highest BCUT2D eigenvalue weighted by Gasteiger charge is 2.42. The van der Waals surface area contributed by atoms with E-state index in [1.54, 1.807) is 13.8 Å². The zero-order valence-electron chi connectivity index (χ0n) is 23.3. The van der Waals surface area contributed by atoms with E-state index in [2.05, 4.69) is 52.0 Å². The highest BCUT2D eigenvalue weighted by molar-refractivity contribution is 6.45.